The van der Waals surface area contributed by atoms with E-state index in [2.05, 4.69) is 4.74 Å². The number of rotatable bonds is 2. The van der Waals surface area contributed by atoms with E-state index in [0.29, 0.717) is 0 Å². The van der Waals surface area contributed by atoms with E-state index < -0.39 is 0 Å². The highest BCUT2D eigenvalue weighted by atomic mass is 35.5. The van der Waals surface area contributed by atoms with Gasteiger partial charge in [-0.2, -0.15) is 4.57 Å². The molecule has 0 spiro atoms. The van der Waals surface area contributed by atoms with Crippen LogP contribution in [0.2, 0.25) is 0 Å². The quantitative estimate of drug-likeness (QED) is 0.461. The van der Waals surface area contributed by atoms with Crippen LogP contribution in [0.25, 0.3) is 10.8 Å². The van der Waals surface area contributed by atoms with Crippen molar-refractivity contribution in [1.82, 2.24) is 0 Å². The van der Waals surface area contributed by atoms with Gasteiger partial charge in [0.2, 0.25) is 6.54 Å². The number of methoxy groups -OCH3 is 1. The summed E-state index contributed by atoms with van der Waals surface area (Å²) in [4.78, 5) is 11.1. The summed E-state index contributed by atoms with van der Waals surface area (Å²) in [7, 11) is 1.39. The molecule has 0 atom stereocenters. The fraction of sp³-hybridized carbons (Fsp3) is 0.167. The average Bonchev–Trinajstić information content (AvgIpc) is 2.29. The van der Waals surface area contributed by atoms with Crippen LogP contribution in [-0.4, -0.2) is 13.1 Å². The van der Waals surface area contributed by atoms with E-state index in [1.54, 1.807) is 0 Å². The Bertz CT molecular complexity index is 499. The second-order valence-corrected chi connectivity index (χ2v) is 3.32. The van der Waals surface area contributed by atoms with Crippen molar-refractivity contribution in [3.05, 3.63) is 42.7 Å². The van der Waals surface area contributed by atoms with Crippen molar-refractivity contribution < 1.29 is 26.5 Å². The molecule has 0 aliphatic carbocycles. The molecule has 3 nitrogen and oxygen atoms in total. The van der Waals surface area contributed by atoms with Gasteiger partial charge in [0.1, 0.15) is 0 Å². The van der Waals surface area contributed by atoms with Gasteiger partial charge in [0, 0.05) is 11.5 Å². The zero-order valence-electron chi connectivity index (χ0n) is 8.89. The minimum atomic E-state index is -0.240. The molecule has 0 fully saturated rings. The van der Waals surface area contributed by atoms with Crippen LogP contribution in [0.5, 0.6) is 0 Å². The third-order valence-electron chi connectivity index (χ3n) is 2.29. The van der Waals surface area contributed by atoms with Gasteiger partial charge in [-0.25, -0.2) is 4.79 Å². The predicted octanol–water partition coefficient (Wildman–Crippen LogP) is -1.70. The molecule has 0 saturated carbocycles. The number of benzene rings is 1. The van der Waals surface area contributed by atoms with Crippen molar-refractivity contribution in [3.63, 3.8) is 0 Å². The largest absolute Gasteiger partial charge is 1.00 e. The highest BCUT2D eigenvalue weighted by Gasteiger charge is 2.09. The molecular weight excluding hydrogens is 226 g/mol. The first-order valence-corrected chi connectivity index (χ1v) is 4.74. The smallest absolute Gasteiger partial charge is 0.372 e. The molecule has 1 aromatic heterocycles. The number of aromatic nitrogens is 1. The Morgan fingerprint density at radius 1 is 1.25 bits per heavy atom. The molecule has 0 N–H and O–H groups in total. The molecule has 0 bridgehead atoms. The molecule has 0 radical (unpaired) electrons. The average molecular weight is 238 g/mol. The van der Waals surface area contributed by atoms with Crippen molar-refractivity contribution in [2.24, 2.45) is 0 Å². The van der Waals surface area contributed by atoms with Crippen molar-refractivity contribution in [2.45, 2.75) is 6.54 Å². The molecule has 0 aliphatic rings. The minimum absolute atomic E-state index is 0. The van der Waals surface area contributed by atoms with Crippen molar-refractivity contribution in [1.29, 1.82) is 0 Å². The number of fused-ring (bicyclic) bond motifs is 1. The maximum absolute atomic E-state index is 11.1. The first-order valence-electron chi connectivity index (χ1n) is 4.74. The second kappa shape index (κ2) is 5.47. The lowest BCUT2D eigenvalue weighted by Crippen LogP contribution is -3.00. The number of pyridine rings is 1. The van der Waals surface area contributed by atoms with Gasteiger partial charge in [-0.15, -0.1) is 0 Å². The standard InChI is InChI=1S/C12H12NO2.ClH/c1-15-12(14)9-13-7-6-10-4-2-3-5-11(10)8-13;/h2-8H,9H2,1H3;1H/q+1;/p-1. The van der Waals surface area contributed by atoms with Crippen LogP contribution >= 0.6 is 0 Å². The minimum Gasteiger partial charge on any atom is -1.00 e. The summed E-state index contributed by atoms with van der Waals surface area (Å²) in [5.74, 6) is -0.240. The topological polar surface area (TPSA) is 30.2 Å². The highest BCUT2D eigenvalue weighted by molar-refractivity contribution is 5.80. The predicted molar refractivity (Wildman–Crippen MR) is 56.2 cm³/mol. The lowest BCUT2D eigenvalue weighted by atomic mass is 10.2. The molecule has 2 aromatic rings. The summed E-state index contributed by atoms with van der Waals surface area (Å²) in [6.07, 6.45) is 3.81. The lowest BCUT2D eigenvalue weighted by molar-refractivity contribution is -0.684. The van der Waals surface area contributed by atoms with Gasteiger partial charge in [0.25, 0.3) is 0 Å². The van der Waals surface area contributed by atoms with Crippen LogP contribution in [-0.2, 0) is 16.1 Å². The number of hydrogen-bond donors (Lipinski definition) is 0. The molecule has 16 heavy (non-hydrogen) atoms. The summed E-state index contributed by atoms with van der Waals surface area (Å²) < 4.78 is 6.42. The third kappa shape index (κ3) is 2.70. The fourth-order valence-electron chi connectivity index (χ4n) is 1.49. The Morgan fingerprint density at radius 3 is 2.62 bits per heavy atom. The molecule has 1 heterocycles. The SMILES string of the molecule is COC(=O)C[n+]1ccc2ccccc2c1.[Cl-]. The summed E-state index contributed by atoms with van der Waals surface area (Å²) in [6, 6.07) is 10.0. The van der Waals surface area contributed by atoms with Gasteiger partial charge < -0.3 is 17.1 Å². The lowest BCUT2D eigenvalue weighted by Gasteiger charge is -1.97. The molecule has 0 unspecified atom stereocenters. The number of halogens is 1. The van der Waals surface area contributed by atoms with Gasteiger partial charge in [-0.05, 0) is 11.5 Å². The maximum atomic E-state index is 11.1. The van der Waals surface area contributed by atoms with Crippen LogP contribution in [0.15, 0.2) is 42.7 Å². The van der Waals surface area contributed by atoms with Gasteiger partial charge in [0.15, 0.2) is 12.4 Å². The summed E-state index contributed by atoms with van der Waals surface area (Å²) in [5.41, 5.74) is 0. The molecular formula is C12H12ClNO2. The number of ether oxygens (including phenoxy) is 1. The van der Waals surface area contributed by atoms with E-state index in [1.165, 1.54) is 12.5 Å². The number of nitrogens with zero attached hydrogens (tertiary/aromatic N) is 1. The molecule has 0 amide bonds. The van der Waals surface area contributed by atoms with Crippen molar-refractivity contribution >= 4 is 16.7 Å². The maximum Gasteiger partial charge on any atom is 0.372 e. The van der Waals surface area contributed by atoms with Crippen molar-refractivity contribution in [3.8, 4) is 0 Å². The fourth-order valence-corrected chi connectivity index (χ4v) is 1.49. The normalized spacial score (nSPS) is 9.56. The second-order valence-electron chi connectivity index (χ2n) is 3.32. The first kappa shape index (κ1) is 12.5. The Balaban J connectivity index is 0.00000128. The number of carbonyl (C=O) groups is 1. The third-order valence-corrected chi connectivity index (χ3v) is 2.29. The van der Waals surface area contributed by atoms with Crippen LogP contribution in [0.1, 0.15) is 0 Å². The monoisotopic (exact) mass is 237 g/mol. The number of carbonyl (C=O) groups excluding carboxylic acids is 1. The van der Waals surface area contributed by atoms with E-state index in [1.807, 2.05) is 47.3 Å². The summed E-state index contributed by atoms with van der Waals surface area (Å²) in [6.45, 7) is 0.251. The Labute approximate surface area is 100 Å². The Kier molecular flexibility index (Phi) is 4.26. The molecule has 0 aliphatic heterocycles. The van der Waals surface area contributed by atoms with Crippen molar-refractivity contribution in [2.75, 3.05) is 7.11 Å². The number of esters is 1. The van der Waals surface area contributed by atoms with E-state index in [-0.39, 0.29) is 24.9 Å². The van der Waals surface area contributed by atoms with E-state index in [9.17, 15) is 4.79 Å². The van der Waals surface area contributed by atoms with Crippen LogP contribution in [0.4, 0.5) is 0 Å². The van der Waals surface area contributed by atoms with Gasteiger partial charge in [-0.1, -0.05) is 18.2 Å². The van der Waals surface area contributed by atoms with Crippen LogP contribution in [0.3, 0.4) is 0 Å². The molecule has 0 saturated heterocycles. The van der Waals surface area contributed by atoms with E-state index in [0.717, 1.165) is 5.39 Å². The summed E-state index contributed by atoms with van der Waals surface area (Å²) in [5, 5.41) is 2.28. The molecule has 4 heteroatoms. The van der Waals surface area contributed by atoms with Crippen LogP contribution < -0.4 is 17.0 Å². The van der Waals surface area contributed by atoms with E-state index >= 15 is 0 Å². The van der Waals surface area contributed by atoms with Crippen LogP contribution in [0, 0.1) is 0 Å². The zero-order chi connectivity index (χ0) is 10.7. The summed E-state index contributed by atoms with van der Waals surface area (Å²) >= 11 is 0. The molecule has 84 valence electrons. The van der Waals surface area contributed by atoms with Gasteiger partial charge in [0.05, 0.1) is 7.11 Å². The van der Waals surface area contributed by atoms with Gasteiger partial charge >= 0.3 is 5.97 Å². The zero-order valence-corrected chi connectivity index (χ0v) is 9.65. The Morgan fingerprint density at radius 2 is 1.94 bits per heavy atom. The molecule has 2 rings (SSSR count). The number of hydrogen-bond acceptors (Lipinski definition) is 2. The first-order chi connectivity index (χ1) is 7.29. The highest BCUT2D eigenvalue weighted by Crippen LogP contribution is 2.09. The molecule has 1 aromatic carbocycles. The Hall–Kier alpha value is -1.61. The van der Waals surface area contributed by atoms with E-state index in [4.69, 9.17) is 0 Å². The van der Waals surface area contributed by atoms with Gasteiger partial charge in [-0.3, -0.25) is 0 Å².